The number of hydrogen-bond donors (Lipinski definition) is 1. The van der Waals surface area contributed by atoms with Gasteiger partial charge in [0.1, 0.15) is 6.54 Å². The van der Waals surface area contributed by atoms with Gasteiger partial charge in [0.2, 0.25) is 12.2 Å². The van der Waals surface area contributed by atoms with Gasteiger partial charge in [-0.2, -0.15) is 4.68 Å². The molecular formula is C17H18N6O4. The Balaban J connectivity index is 1.98. The SMILES string of the molecule is C=CCN(CC=C)C(=O)c1ccc(NC(=O)Cn2cnc([N+](=O)[O-])n2)cc1. The molecule has 2 aromatic rings. The number of benzene rings is 1. The summed E-state index contributed by atoms with van der Waals surface area (Å²) in [5, 5.41) is 16.7. The average molecular weight is 370 g/mol. The monoisotopic (exact) mass is 370 g/mol. The molecule has 0 bridgehead atoms. The second-order valence-corrected chi connectivity index (χ2v) is 5.41. The van der Waals surface area contributed by atoms with Crippen LogP contribution in [0, 0.1) is 10.1 Å². The van der Waals surface area contributed by atoms with Gasteiger partial charge in [0, 0.05) is 29.4 Å². The highest BCUT2D eigenvalue weighted by Gasteiger charge is 2.16. The first kappa shape index (κ1) is 19.5. The first-order valence-corrected chi connectivity index (χ1v) is 7.89. The molecule has 2 amide bonds. The minimum Gasteiger partial charge on any atom is -0.390 e. The van der Waals surface area contributed by atoms with Crippen LogP contribution >= 0.6 is 0 Å². The summed E-state index contributed by atoms with van der Waals surface area (Å²) in [5.41, 5.74) is 0.939. The highest BCUT2D eigenvalue weighted by Crippen LogP contribution is 2.12. The molecule has 2 rings (SSSR count). The molecule has 10 nitrogen and oxygen atoms in total. The lowest BCUT2D eigenvalue weighted by Gasteiger charge is -2.19. The number of nitrogens with zero attached hydrogens (tertiary/aromatic N) is 5. The van der Waals surface area contributed by atoms with E-state index in [4.69, 9.17) is 0 Å². The number of nitro groups is 1. The Hall–Kier alpha value is -3.82. The van der Waals surface area contributed by atoms with E-state index >= 15 is 0 Å². The average Bonchev–Trinajstić information content (AvgIpc) is 3.10. The van der Waals surface area contributed by atoms with Gasteiger partial charge in [-0.3, -0.25) is 9.59 Å². The second kappa shape index (κ2) is 9.04. The molecule has 0 unspecified atom stereocenters. The lowest BCUT2D eigenvalue weighted by Crippen LogP contribution is -2.31. The third kappa shape index (κ3) is 5.33. The Morgan fingerprint density at radius 3 is 2.37 bits per heavy atom. The van der Waals surface area contributed by atoms with Crippen LogP contribution in [0.3, 0.4) is 0 Å². The Morgan fingerprint density at radius 2 is 1.85 bits per heavy atom. The summed E-state index contributed by atoms with van der Waals surface area (Å²) in [6, 6.07) is 6.37. The summed E-state index contributed by atoms with van der Waals surface area (Å²) in [7, 11) is 0. The number of aromatic nitrogens is 3. The van der Waals surface area contributed by atoms with Crippen LogP contribution in [-0.2, 0) is 11.3 Å². The van der Waals surface area contributed by atoms with E-state index in [1.807, 2.05) is 0 Å². The number of amides is 2. The summed E-state index contributed by atoms with van der Waals surface area (Å²) in [4.78, 5) is 39.3. The van der Waals surface area contributed by atoms with E-state index in [2.05, 4.69) is 28.6 Å². The number of hydrogen-bond acceptors (Lipinski definition) is 6. The summed E-state index contributed by atoms with van der Waals surface area (Å²) in [6.07, 6.45) is 4.36. The van der Waals surface area contributed by atoms with Crippen LogP contribution in [0.25, 0.3) is 0 Å². The van der Waals surface area contributed by atoms with E-state index in [0.717, 1.165) is 11.0 Å². The molecule has 0 radical (unpaired) electrons. The van der Waals surface area contributed by atoms with E-state index < -0.39 is 16.8 Å². The maximum Gasteiger partial charge on any atom is 0.490 e. The van der Waals surface area contributed by atoms with Crippen LogP contribution in [0.5, 0.6) is 0 Å². The predicted molar refractivity (Wildman–Crippen MR) is 98.0 cm³/mol. The molecule has 0 fully saturated rings. The molecule has 140 valence electrons. The van der Waals surface area contributed by atoms with Crippen LogP contribution in [0.4, 0.5) is 11.6 Å². The van der Waals surface area contributed by atoms with E-state index in [-0.39, 0.29) is 12.5 Å². The third-order valence-electron chi connectivity index (χ3n) is 3.40. The van der Waals surface area contributed by atoms with E-state index in [1.54, 1.807) is 41.3 Å². The number of rotatable bonds is 9. The van der Waals surface area contributed by atoms with Crippen LogP contribution in [0.15, 0.2) is 55.9 Å². The number of anilines is 1. The number of carbonyl (C=O) groups excluding carboxylic acids is 2. The molecule has 0 aliphatic carbocycles. The molecule has 0 atom stereocenters. The summed E-state index contributed by atoms with van der Waals surface area (Å²) in [5.74, 6) is -1.19. The Labute approximate surface area is 155 Å². The minimum atomic E-state index is -0.744. The van der Waals surface area contributed by atoms with Crippen molar-refractivity contribution in [3.8, 4) is 0 Å². The fourth-order valence-corrected chi connectivity index (χ4v) is 2.22. The normalized spacial score (nSPS) is 10.1. The predicted octanol–water partition coefficient (Wildman–Crippen LogP) is 1.64. The van der Waals surface area contributed by atoms with Gasteiger partial charge in [-0.1, -0.05) is 17.1 Å². The third-order valence-corrected chi connectivity index (χ3v) is 3.40. The fraction of sp³-hybridized carbons (Fsp3) is 0.176. The Morgan fingerprint density at radius 1 is 1.22 bits per heavy atom. The minimum absolute atomic E-state index is 0.178. The van der Waals surface area contributed by atoms with Crippen LogP contribution < -0.4 is 5.32 Å². The molecule has 0 saturated carbocycles. The van der Waals surface area contributed by atoms with Crippen molar-refractivity contribution >= 4 is 23.5 Å². The first-order chi connectivity index (χ1) is 12.9. The van der Waals surface area contributed by atoms with Gasteiger partial charge in [0.15, 0.2) is 0 Å². The van der Waals surface area contributed by atoms with Gasteiger partial charge in [-0.25, -0.2) is 0 Å². The maximum atomic E-state index is 12.4. The Bertz CT molecular complexity index is 849. The highest BCUT2D eigenvalue weighted by atomic mass is 16.6. The fourth-order valence-electron chi connectivity index (χ4n) is 2.22. The van der Waals surface area contributed by atoms with Gasteiger partial charge in [-0.05, 0) is 29.2 Å². The molecule has 0 saturated heterocycles. The van der Waals surface area contributed by atoms with Crippen molar-refractivity contribution in [2.24, 2.45) is 0 Å². The molecular weight excluding hydrogens is 352 g/mol. The molecule has 1 heterocycles. The molecule has 1 aromatic carbocycles. The second-order valence-electron chi connectivity index (χ2n) is 5.41. The van der Waals surface area contributed by atoms with E-state index in [1.165, 1.54) is 0 Å². The Kier molecular flexibility index (Phi) is 6.53. The standard InChI is InChI=1S/C17H18N6O4/c1-3-9-21(10-4-2)16(25)13-5-7-14(8-6-13)19-15(24)11-22-12-18-17(20-22)23(26)27/h3-8,12H,1-2,9-11H2,(H,19,24). The summed E-state index contributed by atoms with van der Waals surface area (Å²) >= 11 is 0. The van der Waals surface area contributed by atoms with Gasteiger partial charge < -0.3 is 20.3 Å². The van der Waals surface area contributed by atoms with Crippen LogP contribution in [-0.4, -0.2) is 49.5 Å². The number of nitrogens with one attached hydrogen (secondary N) is 1. The summed E-state index contributed by atoms with van der Waals surface area (Å²) < 4.78 is 1.06. The largest absolute Gasteiger partial charge is 0.490 e. The topological polar surface area (TPSA) is 123 Å². The zero-order chi connectivity index (χ0) is 19.8. The van der Waals surface area contributed by atoms with E-state index in [9.17, 15) is 19.7 Å². The molecule has 27 heavy (non-hydrogen) atoms. The lowest BCUT2D eigenvalue weighted by atomic mass is 10.1. The lowest BCUT2D eigenvalue weighted by molar-refractivity contribution is -0.394. The van der Waals surface area contributed by atoms with Gasteiger partial charge in [-0.15, -0.1) is 13.2 Å². The van der Waals surface area contributed by atoms with Crippen molar-refractivity contribution < 1.29 is 14.5 Å². The van der Waals surface area contributed by atoms with Gasteiger partial charge in [0.25, 0.3) is 5.91 Å². The van der Waals surface area contributed by atoms with Crippen LogP contribution in [0.2, 0.25) is 0 Å². The highest BCUT2D eigenvalue weighted by molar-refractivity contribution is 5.96. The van der Waals surface area contributed by atoms with Crippen molar-refractivity contribution in [2.75, 3.05) is 18.4 Å². The van der Waals surface area contributed by atoms with Crippen molar-refractivity contribution in [1.29, 1.82) is 0 Å². The quantitative estimate of drug-likeness (QED) is 0.407. The molecule has 10 heteroatoms. The number of carbonyl (C=O) groups is 2. The van der Waals surface area contributed by atoms with Crippen LogP contribution in [0.1, 0.15) is 10.4 Å². The molecule has 0 aliphatic rings. The zero-order valence-corrected chi connectivity index (χ0v) is 14.4. The molecule has 1 N–H and O–H groups in total. The van der Waals surface area contributed by atoms with E-state index in [0.29, 0.717) is 24.3 Å². The zero-order valence-electron chi connectivity index (χ0n) is 14.4. The van der Waals surface area contributed by atoms with Crippen molar-refractivity contribution in [2.45, 2.75) is 6.54 Å². The molecule has 0 aliphatic heterocycles. The molecule has 0 spiro atoms. The van der Waals surface area contributed by atoms with Gasteiger partial charge >= 0.3 is 5.95 Å². The first-order valence-electron chi connectivity index (χ1n) is 7.89. The maximum absolute atomic E-state index is 12.4. The van der Waals surface area contributed by atoms with Crippen molar-refractivity contribution in [3.05, 3.63) is 71.6 Å². The smallest absolute Gasteiger partial charge is 0.390 e. The van der Waals surface area contributed by atoms with Crippen molar-refractivity contribution in [3.63, 3.8) is 0 Å². The van der Waals surface area contributed by atoms with Gasteiger partial charge in [0.05, 0.1) is 0 Å². The molecule has 1 aromatic heterocycles. The summed E-state index contributed by atoms with van der Waals surface area (Å²) in [6.45, 7) is 7.82. The van der Waals surface area contributed by atoms with Crippen molar-refractivity contribution in [1.82, 2.24) is 19.7 Å².